The van der Waals surface area contributed by atoms with E-state index in [1.807, 2.05) is 0 Å². The summed E-state index contributed by atoms with van der Waals surface area (Å²) < 4.78 is 24.3. The summed E-state index contributed by atoms with van der Waals surface area (Å²) in [6, 6.07) is 2.06. The van der Waals surface area contributed by atoms with E-state index in [-0.39, 0.29) is 29.7 Å². The molecule has 1 fully saturated rings. The highest BCUT2D eigenvalue weighted by Crippen LogP contribution is 2.32. The van der Waals surface area contributed by atoms with Crippen LogP contribution in [0.15, 0.2) is 12.1 Å². The maximum absolute atomic E-state index is 13.7. The second-order valence-corrected chi connectivity index (χ2v) is 4.58. The van der Waals surface area contributed by atoms with Crippen LogP contribution in [0.3, 0.4) is 0 Å². The lowest BCUT2D eigenvalue weighted by atomic mass is 9.86. The molecular formula is C12H15FN2O4. The number of aryl methyl sites for hydroxylation is 1. The molecule has 0 saturated heterocycles. The van der Waals surface area contributed by atoms with E-state index in [1.165, 1.54) is 20.1 Å². The van der Waals surface area contributed by atoms with Gasteiger partial charge in [0.15, 0.2) is 11.6 Å². The zero-order valence-corrected chi connectivity index (χ0v) is 10.6. The van der Waals surface area contributed by atoms with Crippen molar-refractivity contribution in [2.45, 2.75) is 31.6 Å². The second kappa shape index (κ2) is 5.10. The first kappa shape index (κ1) is 13.7. The Hall–Kier alpha value is -1.73. The molecule has 3 unspecified atom stereocenters. The average molecular weight is 270 g/mol. The number of benzene rings is 1. The zero-order valence-electron chi connectivity index (χ0n) is 10.6. The van der Waals surface area contributed by atoms with Gasteiger partial charge < -0.3 is 15.2 Å². The van der Waals surface area contributed by atoms with Crippen LogP contribution in [-0.2, 0) is 4.74 Å². The first-order valence-electron chi connectivity index (χ1n) is 5.83. The highest BCUT2D eigenvalue weighted by molar-refractivity contribution is 5.45. The van der Waals surface area contributed by atoms with Gasteiger partial charge in [-0.1, -0.05) is 0 Å². The number of rotatable bonds is 4. The van der Waals surface area contributed by atoms with E-state index >= 15 is 0 Å². The highest BCUT2D eigenvalue weighted by atomic mass is 19.1. The molecule has 1 aromatic rings. The van der Waals surface area contributed by atoms with Crippen LogP contribution in [0, 0.1) is 22.9 Å². The molecule has 7 heteroatoms. The van der Waals surface area contributed by atoms with E-state index in [4.69, 9.17) is 15.2 Å². The maximum Gasteiger partial charge on any atom is 0.275 e. The summed E-state index contributed by atoms with van der Waals surface area (Å²) in [5, 5.41) is 10.7. The number of hydrogen-bond acceptors (Lipinski definition) is 5. The van der Waals surface area contributed by atoms with Gasteiger partial charge in [-0.25, -0.2) is 4.39 Å². The minimum Gasteiger partial charge on any atom is -0.484 e. The van der Waals surface area contributed by atoms with Crippen molar-refractivity contribution in [2.75, 3.05) is 7.11 Å². The normalized spacial score (nSPS) is 25.8. The SMILES string of the molecule is COC1C(N)CC1Oc1cc(C)c([N+](=O)[O-])cc1F. The molecule has 0 spiro atoms. The summed E-state index contributed by atoms with van der Waals surface area (Å²) in [5.74, 6) is -0.769. The molecule has 0 bridgehead atoms. The molecule has 0 amide bonds. The molecule has 2 rings (SSSR count). The molecule has 2 N–H and O–H groups in total. The highest BCUT2D eigenvalue weighted by Gasteiger charge is 2.41. The van der Waals surface area contributed by atoms with Gasteiger partial charge in [0.1, 0.15) is 12.2 Å². The van der Waals surface area contributed by atoms with Crippen LogP contribution in [0.2, 0.25) is 0 Å². The molecule has 104 valence electrons. The third kappa shape index (κ3) is 2.52. The number of nitro benzene ring substituents is 1. The Morgan fingerprint density at radius 3 is 2.74 bits per heavy atom. The molecule has 0 aromatic heterocycles. The topological polar surface area (TPSA) is 87.6 Å². The Labute approximate surface area is 109 Å². The molecule has 6 nitrogen and oxygen atoms in total. The predicted molar refractivity (Wildman–Crippen MR) is 65.6 cm³/mol. The second-order valence-electron chi connectivity index (χ2n) is 4.58. The van der Waals surface area contributed by atoms with E-state index < -0.39 is 10.7 Å². The Bertz CT molecular complexity index is 509. The van der Waals surface area contributed by atoms with Gasteiger partial charge in [-0.3, -0.25) is 10.1 Å². The zero-order chi connectivity index (χ0) is 14.2. The number of methoxy groups -OCH3 is 1. The molecule has 3 atom stereocenters. The van der Waals surface area contributed by atoms with E-state index in [2.05, 4.69) is 0 Å². The van der Waals surface area contributed by atoms with Gasteiger partial charge in [0, 0.05) is 25.1 Å². The summed E-state index contributed by atoms with van der Waals surface area (Å²) in [4.78, 5) is 10.1. The van der Waals surface area contributed by atoms with Crippen molar-refractivity contribution in [1.82, 2.24) is 0 Å². The number of nitrogens with zero attached hydrogens (tertiary/aromatic N) is 1. The number of hydrogen-bond donors (Lipinski definition) is 1. The van der Waals surface area contributed by atoms with Crippen molar-refractivity contribution in [2.24, 2.45) is 5.73 Å². The molecule has 0 heterocycles. The summed E-state index contributed by atoms with van der Waals surface area (Å²) in [6.07, 6.45) is -0.0428. The fourth-order valence-corrected chi connectivity index (χ4v) is 2.15. The van der Waals surface area contributed by atoms with E-state index in [9.17, 15) is 14.5 Å². The van der Waals surface area contributed by atoms with Crippen LogP contribution in [0.5, 0.6) is 5.75 Å². The van der Waals surface area contributed by atoms with Crippen molar-refractivity contribution in [3.8, 4) is 5.75 Å². The maximum atomic E-state index is 13.7. The Kier molecular flexibility index (Phi) is 3.68. The summed E-state index contributed by atoms with van der Waals surface area (Å²) in [7, 11) is 1.51. The summed E-state index contributed by atoms with van der Waals surface area (Å²) in [5.41, 5.74) is 5.80. The van der Waals surface area contributed by atoms with Gasteiger partial charge in [0.25, 0.3) is 5.69 Å². The van der Waals surface area contributed by atoms with Crippen LogP contribution in [0.4, 0.5) is 10.1 Å². The van der Waals surface area contributed by atoms with E-state index in [1.54, 1.807) is 0 Å². The van der Waals surface area contributed by atoms with Crippen molar-refractivity contribution in [1.29, 1.82) is 0 Å². The molecular weight excluding hydrogens is 255 g/mol. The molecule has 1 saturated carbocycles. The third-order valence-corrected chi connectivity index (χ3v) is 3.29. The molecule has 0 radical (unpaired) electrons. The molecule has 1 aliphatic rings. The smallest absolute Gasteiger partial charge is 0.275 e. The number of ether oxygens (including phenoxy) is 2. The Morgan fingerprint density at radius 2 is 2.21 bits per heavy atom. The van der Waals surface area contributed by atoms with Gasteiger partial charge >= 0.3 is 0 Å². The van der Waals surface area contributed by atoms with Crippen molar-refractivity contribution >= 4 is 5.69 Å². The Balaban J connectivity index is 2.18. The summed E-state index contributed by atoms with van der Waals surface area (Å²) >= 11 is 0. The van der Waals surface area contributed by atoms with Crippen LogP contribution < -0.4 is 10.5 Å². The molecule has 0 aliphatic heterocycles. The molecule has 1 aliphatic carbocycles. The van der Waals surface area contributed by atoms with Crippen molar-refractivity contribution < 1.29 is 18.8 Å². The quantitative estimate of drug-likeness (QED) is 0.662. The minimum atomic E-state index is -0.757. The Morgan fingerprint density at radius 1 is 1.53 bits per heavy atom. The summed E-state index contributed by atoms with van der Waals surface area (Å²) in [6.45, 7) is 1.53. The van der Waals surface area contributed by atoms with Gasteiger partial charge in [-0.15, -0.1) is 0 Å². The van der Waals surface area contributed by atoms with Gasteiger partial charge in [-0.05, 0) is 13.0 Å². The molecule has 1 aromatic carbocycles. The van der Waals surface area contributed by atoms with Crippen molar-refractivity contribution in [3.05, 3.63) is 33.6 Å². The van der Waals surface area contributed by atoms with Crippen LogP contribution >= 0.6 is 0 Å². The fraction of sp³-hybridized carbons (Fsp3) is 0.500. The monoisotopic (exact) mass is 270 g/mol. The van der Waals surface area contributed by atoms with Gasteiger partial charge in [0.2, 0.25) is 0 Å². The van der Waals surface area contributed by atoms with Crippen LogP contribution in [0.1, 0.15) is 12.0 Å². The predicted octanol–water partition coefficient (Wildman–Crippen LogP) is 1.54. The average Bonchev–Trinajstić information content (AvgIpc) is 2.32. The number of nitrogens with two attached hydrogens (primary N) is 1. The standard InChI is InChI=1S/C12H15FN2O4/c1-6-3-10(7(13)4-9(6)15(16)17)19-11-5-8(14)12(11)18-2/h3-4,8,11-12H,5,14H2,1-2H3. The van der Waals surface area contributed by atoms with Gasteiger partial charge in [0.05, 0.1) is 11.0 Å². The van der Waals surface area contributed by atoms with Crippen LogP contribution in [0.25, 0.3) is 0 Å². The largest absolute Gasteiger partial charge is 0.484 e. The number of nitro groups is 1. The lowest BCUT2D eigenvalue weighted by Gasteiger charge is -2.40. The fourth-order valence-electron chi connectivity index (χ4n) is 2.15. The van der Waals surface area contributed by atoms with Crippen LogP contribution in [-0.4, -0.2) is 30.3 Å². The lowest BCUT2D eigenvalue weighted by Crippen LogP contribution is -2.59. The van der Waals surface area contributed by atoms with Gasteiger partial charge in [-0.2, -0.15) is 0 Å². The first-order valence-corrected chi connectivity index (χ1v) is 5.83. The van der Waals surface area contributed by atoms with Crippen molar-refractivity contribution in [3.63, 3.8) is 0 Å². The number of halogens is 1. The minimum absolute atomic E-state index is 0.0120. The first-order chi connectivity index (χ1) is 8.93. The van der Waals surface area contributed by atoms with E-state index in [0.29, 0.717) is 12.0 Å². The van der Waals surface area contributed by atoms with E-state index in [0.717, 1.165) is 6.07 Å². The lowest BCUT2D eigenvalue weighted by molar-refractivity contribution is -0.385. The third-order valence-electron chi connectivity index (χ3n) is 3.29. The molecule has 19 heavy (non-hydrogen) atoms.